The Morgan fingerprint density at radius 3 is 2.61 bits per heavy atom. The quantitative estimate of drug-likeness (QED) is 0.803. The maximum atomic E-state index is 11.0. The van der Waals surface area contributed by atoms with E-state index in [1.54, 1.807) is 0 Å². The van der Waals surface area contributed by atoms with Gasteiger partial charge >= 0.3 is 5.97 Å². The maximum Gasteiger partial charge on any atom is 0.347 e. The van der Waals surface area contributed by atoms with E-state index in [-0.39, 0.29) is 11.5 Å². The molecule has 0 spiro atoms. The lowest BCUT2D eigenvalue weighted by Gasteiger charge is -2.31. The average molecular weight is 249 g/mol. The van der Waals surface area contributed by atoms with Gasteiger partial charge in [-0.3, -0.25) is 0 Å². The molecule has 0 aromatic heterocycles. The molecule has 1 aliphatic rings. The number of ether oxygens (including phenoxy) is 1. The zero-order chi connectivity index (χ0) is 13.5. The van der Waals surface area contributed by atoms with Gasteiger partial charge in [-0.2, -0.15) is 0 Å². The summed E-state index contributed by atoms with van der Waals surface area (Å²) in [5.41, 5.74) is 2.12. The third kappa shape index (κ3) is 2.28. The van der Waals surface area contributed by atoms with E-state index in [0.717, 1.165) is 5.69 Å². The molecule has 0 saturated heterocycles. The Morgan fingerprint density at radius 2 is 2.06 bits per heavy atom. The zero-order valence-corrected chi connectivity index (χ0v) is 11.2. The Balaban J connectivity index is 2.35. The van der Waals surface area contributed by atoms with Gasteiger partial charge in [-0.15, -0.1) is 0 Å². The molecule has 98 valence electrons. The fourth-order valence-corrected chi connectivity index (χ4v) is 2.04. The third-order valence-corrected chi connectivity index (χ3v) is 3.18. The number of rotatable bonds is 1. The minimum absolute atomic E-state index is 0.0591. The molecule has 0 radical (unpaired) electrons. The van der Waals surface area contributed by atoms with Crippen LogP contribution < -0.4 is 10.1 Å². The smallest absolute Gasteiger partial charge is 0.347 e. The molecule has 1 aromatic carbocycles. The Morgan fingerprint density at radius 1 is 1.39 bits per heavy atom. The molecule has 2 unspecified atom stereocenters. The van der Waals surface area contributed by atoms with Crippen LogP contribution in [0.3, 0.4) is 0 Å². The van der Waals surface area contributed by atoms with Gasteiger partial charge in [-0.1, -0.05) is 26.8 Å². The molecule has 4 heteroatoms. The molecule has 4 nitrogen and oxygen atoms in total. The highest BCUT2D eigenvalue weighted by molar-refractivity contribution is 5.77. The van der Waals surface area contributed by atoms with Crippen LogP contribution in [0.4, 0.5) is 5.69 Å². The summed E-state index contributed by atoms with van der Waals surface area (Å²) in [5.74, 6) is -0.339. The standard InChI is InChI=1S/C14H19NO3/c1-8-12(13(16)17)18-11-6-5-9(14(2,3)4)7-10(11)15-8/h5-8,12,15H,1-4H3,(H,16,17). The number of hydrogen-bond donors (Lipinski definition) is 2. The molecule has 0 aliphatic carbocycles. The van der Waals surface area contributed by atoms with E-state index >= 15 is 0 Å². The summed E-state index contributed by atoms with van der Waals surface area (Å²) in [6, 6.07) is 5.61. The molecule has 2 N–H and O–H groups in total. The maximum absolute atomic E-state index is 11.0. The fraction of sp³-hybridized carbons (Fsp3) is 0.500. The Hall–Kier alpha value is -1.71. The van der Waals surface area contributed by atoms with Crippen LogP contribution in [-0.4, -0.2) is 23.2 Å². The van der Waals surface area contributed by atoms with Gasteiger partial charge in [0.15, 0.2) is 0 Å². The topological polar surface area (TPSA) is 58.6 Å². The van der Waals surface area contributed by atoms with Crippen molar-refractivity contribution in [2.24, 2.45) is 0 Å². The monoisotopic (exact) mass is 249 g/mol. The fourth-order valence-electron chi connectivity index (χ4n) is 2.04. The predicted molar refractivity (Wildman–Crippen MR) is 70.3 cm³/mol. The van der Waals surface area contributed by atoms with Gasteiger partial charge < -0.3 is 15.2 Å². The number of fused-ring (bicyclic) bond motifs is 1. The first-order valence-electron chi connectivity index (χ1n) is 6.09. The average Bonchev–Trinajstić information content (AvgIpc) is 2.25. The van der Waals surface area contributed by atoms with Crippen molar-refractivity contribution in [2.75, 3.05) is 5.32 Å². The van der Waals surface area contributed by atoms with Crippen molar-refractivity contribution in [2.45, 2.75) is 45.3 Å². The van der Waals surface area contributed by atoms with E-state index in [9.17, 15) is 4.79 Å². The van der Waals surface area contributed by atoms with Crippen LogP contribution >= 0.6 is 0 Å². The lowest BCUT2D eigenvalue weighted by molar-refractivity contribution is -0.145. The summed E-state index contributed by atoms with van der Waals surface area (Å²) in [5, 5.41) is 12.3. The van der Waals surface area contributed by atoms with E-state index in [2.05, 4.69) is 26.1 Å². The van der Waals surface area contributed by atoms with Crippen LogP contribution in [0.15, 0.2) is 18.2 Å². The molecule has 0 amide bonds. The molecule has 18 heavy (non-hydrogen) atoms. The van der Waals surface area contributed by atoms with Crippen LogP contribution in [0.5, 0.6) is 5.75 Å². The molecule has 1 aliphatic heterocycles. The second kappa shape index (κ2) is 4.19. The highest BCUT2D eigenvalue weighted by Crippen LogP contribution is 2.35. The summed E-state index contributed by atoms with van der Waals surface area (Å²) in [7, 11) is 0. The van der Waals surface area contributed by atoms with Gasteiger partial charge in [0.25, 0.3) is 0 Å². The van der Waals surface area contributed by atoms with Gasteiger partial charge in [-0.05, 0) is 30.0 Å². The SMILES string of the molecule is CC1Nc2cc(C(C)(C)C)ccc2OC1C(=O)O. The molecule has 0 fully saturated rings. The molecule has 1 aromatic rings. The molecule has 1 heterocycles. The minimum Gasteiger partial charge on any atom is -0.478 e. The van der Waals surface area contributed by atoms with Gasteiger partial charge in [-0.25, -0.2) is 4.79 Å². The number of aliphatic carboxylic acids is 1. The lowest BCUT2D eigenvalue weighted by atomic mass is 9.86. The summed E-state index contributed by atoms with van der Waals surface area (Å²) in [6.45, 7) is 8.23. The lowest BCUT2D eigenvalue weighted by Crippen LogP contribution is -2.44. The van der Waals surface area contributed by atoms with E-state index in [1.807, 2.05) is 25.1 Å². The van der Waals surface area contributed by atoms with Crippen LogP contribution in [-0.2, 0) is 10.2 Å². The molecule has 2 atom stereocenters. The summed E-state index contributed by atoms with van der Waals surface area (Å²) < 4.78 is 5.51. The van der Waals surface area contributed by atoms with Gasteiger partial charge in [0, 0.05) is 0 Å². The largest absolute Gasteiger partial charge is 0.478 e. The minimum atomic E-state index is -0.944. The molecule has 2 rings (SSSR count). The van der Waals surface area contributed by atoms with Crippen LogP contribution in [0.2, 0.25) is 0 Å². The van der Waals surface area contributed by atoms with Gasteiger partial charge in [0.05, 0.1) is 11.7 Å². The van der Waals surface area contributed by atoms with Crippen LogP contribution in [0.1, 0.15) is 33.3 Å². The third-order valence-electron chi connectivity index (χ3n) is 3.18. The van der Waals surface area contributed by atoms with E-state index < -0.39 is 12.1 Å². The van der Waals surface area contributed by atoms with E-state index in [0.29, 0.717) is 5.75 Å². The van der Waals surface area contributed by atoms with E-state index in [1.165, 1.54) is 5.56 Å². The van der Waals surface area contributed by atoms with E-state index in [4.69, 9.17) is 9.84 Å². The number of benzene rings is 1. The number of anilines is 1. The van der Waals surface area contributed by atoms with Gasteiger partial charge in [0.2, 0.25) is 6.10 Å². The van der Waals surface area contributed by atoms with Crippen molar-refractivity contribution in [1.29, 1.82) is 0 Å². The van der Waals surface area contributed by atoms with Crippen molar-refractivity contribution in [3.05, 3.63) is 23.8 Å². The highest BCUT2D eigenvalue weighted by atomic mass is 16.5. The van der Waals surface area contributed by atoms with Crippen molar-refractivity contribution in [3.8, 4) is 5.75 Å². The normalized spacial score (nSPS) is 22.7. The molecule has 0 saturated carbocycles. The van der Waals surface area contributed by atoms with Gasteiger partial charge in [0.1, 0.15) is 5.75 Å². The second-order valence-corrected chi connectivity index (χ2v) is 5.77. The second-order valence-electron chi connectivity index (χ2n) is 5.77. The first kappa shape index (κ1) is 12.7. The molecular weight excluding hydrogens is 230 g/mol. The Labute approximate surface area is 107 Å². The first-order valence-corrected chi connectivity index (χ1v) is 6.09. The predicted octanol–water partition coefficient (Wildman–Crippen LogP) is 2.63. The van der Waals surface area contributed by atoms with Crippen LogP contribution in [0, 0.1) is 0 Å². The number of hydrogen-bond acceptors (Lipinski definition) is 3. The number of nitrogens with one attached hydrogen (secondary N) is 1. The zero-order valence-electron chi connectivity index (χ0n) is 11.2. The van der Waals surface area contributed by atoms with Crippen molar-refractivity contribution >= 4 is 11.7 Å². The van der Waals surface area contributed by atoms with Crippen molar-refractivity contribution in [1.82, 2.24) is 0 Å². The summed E-state index contributed by atoms with van der Waals surface area (Å²) in [4.78, 5) is 11.0. The Kier molecular flexibility index (Phi) is 2.97. The summed E-state index contributed by atoms with van der Waals surface area (Å²) >= 11 is 0. The number of carboxylic acid groups (broad SMARTS) is 1. The summed E-state index contributed by atoms with van der Waals surface area (Å²) in [6.07, 6.45) is -0.835. The molecular formula is C14H19NO3. The van der Waals surface area contributed by atoms with Crippen molar-refractivity contribution < 1.29 is 14.6 Å². The van der Waals surface area contributed by atoms with Crippen molar-refractivity contribution in [3.63, 3.8) is 0 Å². The number of carboxylic acids is 1. The highest BCUT2D eigenvalue weighted by Gasteiger charge is 2.32. The van der Waals surface area contributed by atoms with Crippen LogP contribution in [0.25, 0.3) is 0 Å². The first-order chi connectivity index (χ1) is 8.29. The molecule has 0 bridgehead atoms. The Bertz CT molecular complexity index is 476. The number of carbonyl (C=O) groups is 1.